The van der Waals surface area contributed by atoms with Crippen LogP contribution in [-0.2, 0) is 4.79 Å². The molecule has 0 spiro atoms. The van der Waals surface area contributed by atoms with E-state index < -0.39 is 16.6 Å². The summed E-state index contributed by atoms with van der Waals surface area (Å²) in [6, 6.07) is 1.67. The maximum atomic E-state index is 12.5. The number of hydrogen-bond acceptors (Lipinski definition) is 5. The number of nitro groups is 1. The van der Waals surface area contributed by atoms with Crippen molar-refractivity contribution in [3.8, 4) is 6.07 Å². The zero-order valence-corrected chi connectivity index (χ0v) is 13.1. The Balaban J connectivity index is 2.85. The number of nitrogens with zero attached hydrogens (tertiary/aromatic N) is 2. The average molecular weight is 310 g/mol. The van der Waals surface area contributed by atoms with Crippen molar-refractivity contribution < 1.29 is 14.8 Å². The number of carbonyl (C=O) groups excluding carboxylic acids is 1. The molecule has 0 heterocycles. The van der Waals surface area contributed by atoms with Gasteiger partial charge in [-0.05, 0) is 19.3 Å². The van der Waals surface area contributed by atoms with Crippen molar-refractivity contribution in [2.24, 2.45) is 0 Å². The summed E-state index contributed by atoms with van der Waals surface area (Å²) in [6.45, 7) is 0. The van der Waals surface area contributed by atoms with Gasteiger partial charge in [0.05, 0.1) is 6.07 Å². The van der Waals surface area contributed by atoms with E-state index >= 15 is 0 Å². The third-order valence-corrected chi connectivity index (χ3v) is 4.59. The molecular weight excluding hydrogens is 284 g/mol. The van der Waals surface area contributed by atoms with Crippen molar-refractivity contribution in [2.45, 2.75) is 88.7 Å². The van der Waals surface area contributed by atoms with Gasteiger partial charge >= 0.3 is 0 Å². The van der Waals surface area contributed by atoms with Gasteiger partial charge in [0.2, 0.25) is 5.78 Å². The second kappa shape index (κ2) is 9.52. The molecule has 22 heavy (non-hydrogen) atoms. The minimum Gasteiger partial charge on any atom is -0.378 e. The number of hydrogen-bond donors (Lipinski definition) is 1. The number of carbonyl (C=O) groups is 1. The van der Waals surface area contributed by atoms with E-state index in [1.54, 1.807) is 6.07 Å². The second-order valence-corrected chi connectivity index (χ2v) is 6.22. The number of ketones is 1. The molecule has 124 valence electrons. The molecule has 2 unspecified atom stereocenters. The Kier molecular flexibility index (Phi) is 8.03. The summed E-state index contributed by atoms with van der Waals surface area (Å²) in [6.07, 6.45) is 6.72. The second-order valence-electron chi connectivity index (χ2n) is 6.22. The number of Topliss-reactive ketones (excluding diaryl/α,β-unsaturated/α-hetero) is 1. The zero-order valence-electron chi connectivity index (χ0n) is 13.1. The van der Waals surface area contributed by atoms with Crippen molar-refractivity contribution in [3.63, 3.8) is 0 Å². The standard InChI is InChI=1S/C16H26N2O4/c17-13-14(19)10-12-16(18(21)22)11-8-6-4-2-1-3-5-7-9-15(16)20/h14,19H,1-12H2. The van der Waals surface area contributed by atoms with Crippen LogP contribution < -0.4 is 0 Å². The zero-order chi connectivity index (χ0) is 16.4. The average Bonchev–Trinajstić information content (AvgIpc) is 2.49. The van der Waals surface area contributed by atoms with E-state index in [1.807, 2.05) is 0 Å². The molecule has 0 aliphatic heterocycles. The van der Waals surface area contributed by atoms with E-state index in [4.69, 9.17) is 5.26 Å². The Labute approximate surface area is 131 Å². The van der Waals surface area contributed by atoms with Crippen LogP contribution in [0.25, 0.3) is 0 Å². The normalized spacial score (nSPS) is 26.3. The van der Waals surface area contributed by atoms with E-state index in [9.17, 15) is 20.0 Å². The quantitative estimate of drug-likeness (QED) is 0.488. The Morgan fingerprint density at radius 2 is 1.73 bits per heavy atom. The molecule has 0 bridgehead atoms. The van der Waals surface area contributed by atoms with Gasteiger partial charge in [-0.3, -0.25) is 14.9 Å². The molecule has 1 N–H and O–H groups in total. The van der Waals surface area contributed by atoms with Crippen LogP contribution in [0.1, 0.15) is 77.0 Å². The first-order chi connectivity index (χ1) is 10.5. The number of aliphatic hydroxyl groups is 1. The number of rotatable bonds is 4. The van der Waals surface area contributed by atoms with Crippen molar-refractivity contribution in [2.75, 3.05) is 0 Å². The molecule has 1 aliphatic rings. The minimum absolute atomic E-state index is 0.0246. The molecular formula is C16H26N2O4. The van der Waals surface area contributed by atoms with Crippen molar-refractivity contribution in [1.29, 1.82) is 5.26 Å². The molecule has 1 aliphatic carbocycles. The molecule has 0 saturated heterocycles. The highest BCUT2D eigenvalue weighted by atomic mass is 16.6. The van der Waals surface area contributed by atoms with E-state index in [-0.39, 0.29) is 31.5 Å². The van der Waals surface area contributed by atoms with Crippen LogP contribution in [0, 0.1) is 21.4 Å². The third kappa shape index (κ3) is 5.38. The smallest absolute Gasteiger partial charge is 0.279 e. The van der Waals surface area contributed by atoms with Crippen molar-refractivity contribution >= 4 is 5.78 Å². The van der Waals surface area contributed by atoms with Gasteiger partial charge in [0, 0.05) is 24.2 Å². The topological polar surface area (TPSA) is 104 Å². The maximum Gasteiger partial charge on any atom is 0.279 e. The molecule has 2 atom stereocenters. The minimum atomic E-state index is -1.61. The van der Waals surface area contributed by atoms with Crippen LogP contribution in [0.2, 0.25) is 0 Å². The molecule has 1 saturated carbocycles. The van der Waals surface area contributed by atoms with Gasteiger partial charge in [0.15, 0.2) is 0 Å². The lowest BCUT2D eigenvalue weighted by Gasteiger charge is -2.25. The van der Waals surface area contributed by atoms with Crippen LogP contribution in [0.4, 0.5) is 0 Å². The van der Waals surface area contributed by atoms with Crippen molar-refractivity contribution in [3.05, 3.63) is 10.1 Å². The monoisotopic (exact) mass is 310 g/mol. The molecule has 1 rings (SSSR count). The van der Waals surface area contributed by atoms with Crippen LogP contribution in [0.3, 0.4) is 0 Å². The molecule has 0 aromatic heterocycles. The first-order valence-corrected chi connectivity index (χ1v) is 8.28. The van der Waals surface area contributed by atoms with Gasteiger partial charge < -0.3 is 5.11 Å². The fourth-order valence-corrected chi connectivity index (χ4v) is 3.12. The summed E-state index contributed by atoms with van der Waals surface area (Å²) in [7, 11) is 0. The van der Waals surface area contributed by atoms with E-state index in [0.717, 1.165) is 32.1 Å². The predicted octanol–water partition coefficient (Wildman–Crippen LogP) is 3.15. The Morgan fingerprint density at radius 3 is 2.27 bits per heavy atom. The summed E-state index contributed by atoms with van der Waals surface area (Å²) in [5, 5.41) is 29.7. The Hall–Kier alpha value is -1.48. The highest BCUT2D eigenvalue weighted by Crippen LogP contribution is 2.30. The van der Waals surface area contributed by atoms with E-state index in [2.05, 4.69) is 0 Å². The summed E-state index contributed by atoms with van der Waals surface area (Å²) >= 11 is 0. The van der Waals surface area contributed by atoms with Crippen molar-refractivity contribution in [1.82, 2.24) is 0 Å². The molecule has 1 fully saturated rings. The highest BCUT2D eigenvalue weighted by molar-refractivity contribution is 5.87. The molecule has 0 amide bonds. The Bertz CT molecular complexity index is 419. The molecule has 6 heteroatoms. The fourth-order valence-electron chi connectivity index (χ4n) is 3.12. The third-order valence-electron chi connectivity index (χ3n) is 4.59. The summed E-state index contributed by atoms with van der Waals surface area (Å²) < 4.78 is 0. The lowest BCUT2D eigenvalue weighted by molar-refractivity contribution is -0.555. The number of nitriles is 1. The van der Waals surface area contributed by atoms with Crippen LogP contribution in [0.5, 0.6) is 0 Å². The maximum absolute atomic E-state index is 12.5. The van der Waals surface area contributed by atoms with Gasteiger partial charge in [-0.1, -0.05) is 38.5 Å². The van der Waals surface area contributed by atoms with E-state index in [1.165, 1.54) is 6.42 Å². The molecule has 0 radical (unpaired) electrons. The Morgan fingerprint density at radius 1 is 1.18 bits per heavy atom. The van der Waals surface area contributed by atoms with Crippen LogP contribution in [-0.4, -0.2) is 27.5 Å². The van der Waals surface area contributed by atoms with Gasteiger partial charge in [-0.25, -0.2) is 0 Å². The molecule has 0 aromatic rings. The highest BCUT2D eigenvalue weighted by Gasteiger charge is 2.48. The SMILES string of the molecule is N#CC(O)CCC1([N+](=O)[O-])CCCCCCCCCCC1=O. The molecule has 6 nitrogen and oxygen atoms in total. The predicted molar refractivity (Wildman–Crippen MR) is 81.8 cm³/mol. The summed E-state index contributed by atoms with van der Waals surface area (Å²) in [5.41, 5.74) is -1.61. The van der Waals surface area contributed by atoms with Gasteiger partial charge in [-0.2, -0.15) is 5.26 Å². The van der Waals surface area contributed by atoms with Crippen LogP contribution >= 0.6 is 0 Å². The molecule has 0 aromatic carbocycles. The van der Waals surface area contributed by atoms with Crippen LogP contribution in [0.15, 0.2) is 0 Å². The first kappa shape index (κ1) is 18.6. The van der Waals surface area contributed by atoms with Gasteiger partial charge in [-0.15, -0.1) is 0 Å². The fraction of sp³-hybridized carbons (Fsp3) is 0.875. The lowest BCUT2D eigenvalue weighted by Crippen LogP contribution is -2.47. The van der Waals surface area contributed by atoms with Gasteiger partial charge in [0.1, 0.15) is 6.10 Å². The first-order valence-electron chi connectivity index (χ1n) is 8.28. The van der Waals surface area contributed by atoms with E-state index in [0.29, 0.717) is 12.8 Å². The summed E-state index contributed by atoms with van der Waals surface area (Å²) in [5.74, 6) is -0.330. The largest absolute Gasteiger partial charge is 0.378 e. The lowest BCUT2D eigenvalue weighted by atomic mass is 9.81. The number of aliphatic hydroxyl groups excluding tert-OH is 1. The van der Waals surface area contributed by atoms with Gasteiger partial charge in [0.25, 0.3) is 5.54 Å². The summed E-state index contributed by atoms with van der Waals surface area (Å²) in [4.78, 5) is 23.6.